The van der Waals surface area contributed by atoms with E-state index in [0.29, 0.717) is 19.6 Å². The third kappa shape index (κ3) is 4.74. The molecule has 1 saturated heterocycles. The van der Waals surface area contributed by atoms with Gasteiger partial charge < -0.3 is 10.2 Å². The Kier molecular flexibility index (Phi) is 5.69. The zero-order chi connectivity index (χ0) is 17.0. The Hall–Kier alpha value is -1.98. The molecule has 1 aliphatic rings. The van der Waals surface area contributed by atoms with Crippen LogP contribution in [0.5, 0.6) is 0 Å². The predicted octanol–water partition coefficient (Wildman–Crippen LogP) is 2.59. The van der Waals surface area contributed by atoms with E-state index < -0.39 is 11.6 Å². The highest BCUT2D eigenvalue weighted by atomic mass is 19.1. The van der Waals surface area contributed by atoms with E-state index in [1.54, 1.807) is 4.90 Å². The number of hydrogen-bond acceptors (Lipinski definition) is 2. The molecule has 6 heteroatoms. The predicted molar refractivity (Wildman–Crippen MR) is 82.8 cm³/mol. The molecule has 0 aliphatic carbocycles. The lowest BCUT2D eigenvalue weighted by Gasteiger charge is -2.33. The summed E-state index contributed by atoms with van der Waals surface area (Å²) in [6.07, 6.45) is 1.73. The summed E-state index contributed by atoms with van der Waals surface area (Å²) in [6.45, 7) is 5.20. The maximum absolute atomic E-state index is 13.3. The molecule has 1 heterocycles. The first-order valence-electron chi connectivity index (χ1n) is 7.90. The summed E-state index contributed by atoms with van der Waals surface area (Å²) in [6, 6.07) is 2.85. The summed E-state index contributed by atoms with van der Waals surface area (Å²) in [5.41, 5.74) is 0.0226. The maximum Gasteiger partial charge on any atom is 0.254 e. The minimum atomic E-state index is -0.758. The number of hydrogen-bond donors (Lipinski definition) is 1. The Labute approximate surface area is 134 Å². The van der Waals surface area contributed by atoms with Crippen molar-refractivity contribution >= 4 is 11.8 Å². The Balaban J connectivity index is 1.97. The van der Waals surface area contributed by atoms with Crippen molar-refractivity contribution in [1.29, 1.82) is 0 Å². The number of nitrogens with zero attached hydrogens (tertiary/aromatic N) is 1. The highest BCUT2D eigenvalue weighted by Gasteiger charge is 2.25. The summed E-state index contributed by atoms with van der Waals surface area (Å²) in [7, 11) is 0. The van der Waals surface area contributed by atoms with Crippen LogP contribution < -0.4 is 5.32 Å². The second-order valence-corrected chi connectivity index (χ2v) is 6.32. The third-order valence-electron chi connectivity index (χ3n) is 4.01. The van der Waals surface area contributed by atoms with Gasteiger partial charge in [0.15, 0.2) is 0 Å². The molecule has 4 nitrogen and oxygen atoms in total. The average molecular weight is 324 g/mol. The SMILES string of the molecule is CC(C)C(=O)NC[C@@H]1CCCN(C(=O)c2cc(F)cc(F)c2)C1. The normalized spacial score (nSPS) is 18.1. The molecule has 2 amide bonds. The van der Waals surface area contributed by atoms with E-state index in [1.807, 2.05) is 13.8 Å². The molecule has 1 fully saturated rings. The summed E-state index contributed by atoms with van der Waals surface area (Å²) in [5.74, 6) is -1.82. The standard InChI is InChI=1S/C17H22F2N2O2/c1-11(2)16(22)20-9-12-4-3-5-21(10-12)17(23)13-6-14(18)8-15(19)7-13/h6-8,11-12H,3-5,9-10H2,1-2H3,(H,20,22)/t12-/m0/s1. The van der Waals surface area contributed by atoms with Crippen LogP contribution in [0.2, 0.25) is 0 Å². The van der Waals surface area contributed by atoms with Gasteiger partial charge in [-0.1, -0.05) is 13.8 Å². The minimum absolute atomic E-state index is 0.0133. The molecular weight excluding hydrogens is 302 g/mol. The number of likely N-dealkylation sites (tertiary alicyclic amines) is 1. The van der Waals surface area contributed by atoms with Gasteiger partial charge in [-0.25, -0.2) is 8.78 Å². The van der Waals surface area contributed by atoms with E-state index in [2.05, 4.69) is 5.32 Å². The van der Waals surface area contributed by atoms with Crippen LogP contribution in [0.3, 0.4) is 0 Å². The van der Waals surface area contributed by atoms with Crippen molar-refractivity contribution in [2.45, 2.75) is 26.7 Å². The first kappa shape index (κ1) is 17.4. The fourth-order valence-corrected chi connectivity index (χ4v) is 2.73. The van der Waals surface area contributed by atoms with Gasteiger partial charge in [0.2, 0.25) is 5.91 Å². The summed E-state index contributed by atoms with van der Waals surface area (Å²) < 4.78 is 26.5. The quantitative estimate of drug-likeness (QED) is 0.925. The average Bonchev–Trinajstić information content (AvgIpc) is 2.51. The van der Waals surface area contributed by atoms with Gasteiger partial charge in [0.1, 0.15) is 11.6 Å². The highest BCUT2D eigenvalue weighted by molar-refractivity contribution is 5.94. The minimum Gasteiger partial charge on any atom is -0.356 e. The Bertz CT molecular complexity index is 570. The first-order chi connectivity index (χ1) is 10.9. The lowest BCUT2D eigenvalue weighted by Crippen LogP contribution is -2.44. The van der Waals surface area contributed by atoms with E-state index in [0.717, 1.165) is 31.0 Å². The Morgan fingerprint density at radius 2 is 1.91 bits per heavy atom. The lowest BCUT2D eigenvalue weighted by atomic mass is 9.97. The van der Waals surface area contributed by atoms with Crippen LogP contribution in [0.4, 0.5) is 8.78 Å². The molecule has 0 spiro atoms. The zero-order valence-corrected chi connectivity index (χ0v) is 13.4. The molecule has 1 aromatic rings. The molecule has 23 heavy (non-hydrogen) atoms. The molecule has 1 aromatic carbocycles. The number of carbonyl (C=O) groups is 2. The topological polar surface area (TPSA) is 49.4 Å². The third-order valence-corrected chi connectivity index (χ3v) is 4.01. The molecule has 1 atom stereocenters. The summed E-state index contributed by atoms with van der Waals surface area (Å²) in [4.78, 5) is 25.6. The van der Waals surface area contributed by atoms with Crippen LogP contribution in [-0.4, -0.2) is 36.3 Å². The zero-order valence-electron chi connectivity index (χ0n) is 13.4. The number of benzene rings is 1. The second kappa shape index (κ2) is 7.53. The molecule has 0 radical (unpaired) electrons. The van der Waals surface area contributed by atoms with E-state index in [-0.39, 0.29) is 29.2 Å². The van der Waals surface area contributed by atoms with Gasteiger partial charge in [-0.05, 0) is 30.9 Å². The van der Waals surface area contributed by atoms with Crippen molar-refractivity contribution in [3.63, 3.8) is 0 Å². The molecule has 0 unspecified atom stereocenters. The number of nitrogens with one attached hydrogen (secondary N) is 1. The maximum atomic E-state index is 13.3. The molecule has 0 aromatic heterocycles. The van der Waals surface area contributed by atoms with Crippen LogP contribution >= 0.6 is 0 Å². The smallest absolute Gasteiger partial charge is 0.254 e. The van der Waals surface area contributed by atoms with Crippen LogP contribution in [-0.2, 0) is 4.79 Å². The second-order valence-electron chi connectivity index (χ2n) is 6.32. The van der Waals surface area contributed by atoms with Gasteiger partial charge in [-0.3, -0.25) is 9.59 Å². The largest absolute Gasteiger partial charge is 0.356 e. The number of amides is 2. The molecular formula is C17H22F2N2O2. The number of halogens is 2. The van der Waals surface area contributed by atoms with Crippen molar-refractivity contribution in [3.8, 4) is 0 Å². The van der Waals surface area contributed by atoms with Gasteiger partial charge in [-0.2, -0.15) is 0 Å². The van der Waals surface area contributed by atoms with E-state index in [9.17, 15) is 18.4 Å². The van der Waals surface area contributed by atoms with Crippen molar-refractivity contribution in [2.75, 3.05) is 19.6 Å². The van der Waals surface area contributed by atoms with E-state index in [4.69, 9.17) is 0 Å². The van der Waals surface area contributed by atoms with Crippen LogP contribution in [0, 0.1) is 23.5 Å². The molecule has 2 rings (SSSR count). The number of rotatable bonds is 4. The highest BCUT2D eigenvalue weighted by Crippen LogP contribution is 2.19. The number of piperidine rings is 1. The molecule has 1 N–H and O–H groups in total. The monoisotopic (exact) mass is 324 g/mol. The molecule has 1 aliphatic heterocycles. The first-order valence-corrected chi connectivity index (χ1v) is 7.90. The molecule has 0 bridgehead atoms. The lowest BCUT2D eigenvalue weighted by molar-refractivity contribution is -0.124. The Morgan fingerprint density at radius 1 is 1.26 bits per heavy atom. The number of carbonyl (C=O) groups excluding carboxylic acids is 2. The molecule has 0 saturated carbocycles. The van der Waals surface area contributed by atoms with Gasteiger partial charge in [0, 0.05) is 37.2 Å². The van der Waals surface area contributed by atoms with Gasteiger partial charge in [0.05, 0.1) is 0 Å². The van der Waals surface area contributed by atoms with Gasteiger partial charge in [-0.15, -0.1) is 0 Å². The summed E-state index contributed by atoms with van der Waals surface area (Å²) in [5, 5.41) is 2.87. The van der Waals surface area contributed by atoms with Gasteiger partial charge in [0.25, 0.3) is 5.91 Å². The van der Waals surface area contributed by atoms with Crippen LogP contribution in [0.25, 0.3) is 0 Å². The summed E-state index contributed by atoms with van der Waals surface area (Å²) >= 11 is 0. The van der Waals surface area contributed by atoms with Crippen molar-refractivity contribution in [1.82, 2.24) is 10.2 Å². The van der Waals surface area contributed by atoms with Crippen molar-refractivity contribution in [3.05, 3.63) is 35.4 Å². The Morgan fingerprint density at radius 3 is 2.52 bits per heavy atom. The van der Waals surface area contributed by atoms with Crippen LogP contribution in [0.1, 0.15) is 37.0 Å². The van der Waals surface area contributed by atoms with Gasteiger partial charge >= 0.3 is 0 Å². The van der Waals surface area contributed by atoms with Crippen LogP contribution in [0.15, 0.2) is 18.2 Å². The molecule has 126 valence electrons. The fourth-order valence-electron chi connectivity index (χ4n) is 2.73. The van der Waals surface area contributed by atoms with E-state index in [1.165, 1.54) is 0 Å². The van der Waals surface area contributed by atoms with Crippen molar-refractivity contribution < 1.29 is 18.4 Å². The van der Waals surface area contributed by atoms with Crippen molar-refractivity contribution in [2.24, 2.45) is 11.8 Å². The fraction of sp³-hybridized carbons (Fsp3) is 0.529. The van der Waals surface area contributed by atoms with E-state index >= 15 is 0 Å².